The quantitative estimate of drug-likeness (QED) is 0.604. The fourth-order valence-corrected chi connectivity index (χ4v) is 3.93. The second kappa shape index (κ2) is 5.42. The molecule has 1 atom stereocenters. The molecule has 1 N–H and O–H groups in total. The van der Waals surface area contributed by atoms with Gasteiger partial charge in [0.05, 0.1) is 23.2 Å². The molecule has 1 aliphatic heterocycles. The molecular weight excluding hydrogens is 342 g/mol. The number of aryl methyl sites for hydroxylation is 1. The van der Waals surface area contributed by atoms with E-state index in [4.69, 9.17) is 9.52 Å². The Balaban J connectivity index is 1.49. The van der Waals surface area contributed by atoms with Crippen LogP contribution in [0.3, 0.4) is 0 Å². The second-order valence-corrected chi connectivity index (χ2v) is 7.40. The molecule has 1 saturated carbocycles. The summed E-state index contributed by atoms with van der Waals surface area (Å²) >= 11 is 0. The van der Waals surface area contributed by atoms with Gasteiger partial charge in [-0.25, -0.2) is 9.50 Å². The monoisotopic (exact) mass is 361 g/mol. The average molecular weight is 361 g/mol. The fourth-order valence-electron chi connectivity index (χ4n) is 3.93. The second-order valence-electron chi connectivity index (χ2n) is 7.40. The largest absolute Gasteiger partial charge is 0.408 e. The Labute approximate surface area is 155 Å². The molecule has 2 aliphatic rings. The Kier molecular flexibility index (Phi) is 3.00. The minimum absolute atomic E-state index is 0.146. The van der Waals surface area contributed by atoms with Crippen molar-refractivity contribution in [1.29, 1.82) is 0 Å². The van der Waals surface area contributed by atoms with Gasteiger partial charge < -0.3 is 14.3 Å². The first-order chi connectivity index (χ1) is 13.3. The normalized spacial score (nSPS) is 19.6. The van der Waals surface area contributed by atoms with E-state index in [1.165, 1.54) is 5.56 Å². The Morgan fingerprint density at radius 3 is 3.04 bits per heavy atom. The molecule has 5 heterocycles. The lowest BCUT2D eigenvalue weighted by Crippen LogP contribution is -2.36. The summed E-state index contributed by atoms with van der Waals surface area (Å²) in [5.74, 6) is 1.19. The molecule has 6 rings (SSSR count). The van der Waals surface area contributed by atoms with Crippen LogP contribution in [-0.4, -0.2) is 36.3 Å². The highest BCUT2D eigenvalue weighted by Gasteiger charge is 2.37. The van der Waals surface area contributed by atoms with Gasteiger partial charge in [0.15, 0.2) is 0 Å². The number of H-pyrrole nitrogens is 1. The third-order valence-electron chi connectivity index (χ3n) is 5.54. The van der Waals surface area contributed by atoms with E-state index in [9.17, 15) is 0 Å². The predicted molar refractivity (Wildman–Crippen MR) is 97.7 cm³/mol. The summed E-state index contributed by atoms with van der Waals surface area (Å²) in [6, 6.07) is 6.66. The average Bonchev–Trinajstić information content (AvgIpc) is 3.11. The van der Waals surface area contributed by atoms with Crippen molar-refractivity contribution in [2.45, 2.75) is 38.1 Å². The summed E-state index contributed by atoms with van der Waals surface area (Å²) in [5, 5.41) is 13.4. The highest BCUT2D eigenvalue weighted by atomic mass is 16.4. The highest BCUT2D eigenvalue weighted by Crippen LogP contribution is 2.42. The number of nitrogens with one attached hydrogen (secondary N) is 1. The van der Waals surface area contributed by atoms with Crippen molar-refractivity contribution in [3.8, 4) is 0 Å². The van der Waals surface area contributed by atoms with Gasteiger partial charge in [0, 0.05) is 30.8 Å². The molecule has 1 aliphatic carbocycles. The Hall–Kier alpha value is -3.16. The highest BCUT2D eigenvalue weighted by molar-refractivity contribution is 5.57. The summed E-state index contributed by atoms with van der Waals surface area (Å²) in [7, 11) is 0. The maximum Gasteiger partial charge on any atom is 0.319 e. The number of hydrogen-bond donors (Lipinski definition) is 1. The van der Waals surface area contributed by atoms with E-state index >= 15 is 0 Å². The SMILES string of the molecule is Cc1cccn2nc([C@@H]3c4nc[nH]c4CCN3c3nnc(C4CC4)o3)cc12. The van der Waals surface area contributed by atoms with Crippen LogP contribution in [0.25, 0.3) is 5.52 Å². The molecule has 0 unspecified atom stereocenters. The standard InChI is InChI=1S/C19H19N7O/c1-11-3-2-7-26-15(11)9-14(24-26)17-16-13(20-10-21-16)6-8-25(17)19-23-22-18(27-19)12-4-5-12/h2-3,7,9-10,12,17H,4-6,8H2,1H3,(H,20,21)/t17-/m1/s1. The number of pyridine rings is 1. The van der Waals surface area contributed by atoms with Gasteiger partial charge in [0.2, 0.25) is 5.89 Å². The molecule has 8 heteroatoms. The Bertz CT molecular complexity index is 1140. The van der Waals surface area contributed by atoms with Crippen molar-refractivity contribution in [1.82, 2.24) is 29.8 Å². The van der Waals surface area contributed by atoms with E-state index in [1.54, 1.807) is 6.33 Å². The summed E-state index contributed by atoms with van der Waals surface area (Å²) in [5.41, 5.74) is 5.35. The number of rotatable bonds is 3. The first-order valence-corrected chi connectivity index (χ1v) is 9.35. The number of nitrogens with zero attached hydrogens (tertiary/aromatic N) is 6. The van der Waals surface area contributed by atoms with Crippen molar-refractivity contribution >= 4 is 11.5 Å². The molecule has 4 aromatic rings. The zero-order chi connectivity index (χ0) is 18.0. The number of aromatic nitrogens is 6. The molecule has 0 spiro atoms. The van der Waals surface area contributed by atoms with Crippen LogP contribution in [0.15, 0.2) is 35.1 Å². The van der Waals surface area contributed by atoms with Gasteiger partial charge in [-0.2, -0.15) is 5.10 Å². The van der Waals surface area contributed by atoms with Crippen LogP contribution < -0.4 is 4.90 Å². The molecule has 136 valence electrons. The van der Waals surface area contributed by atoms with Crippen molar-refractivity contribution in [2.24, 2.45) is 0 Å². The number of fused-ring (bicyclic) bond motifs is 2. The van der Waals surface area contributed by atoms with Crippen LogP contribution in [0.5, 0.6) is 0 Å². The van der Waals surface area contributed by atoms with E-state index in [0.29, 0.717) is 11.9 Å². The fraction of sp³-hybridized carbons (Fsp3) is 0.368. The number of hydrogen-bond acceptors (Lipinski definition) is 6. The topological polar surface area (TPSA) is 88.1 Å². The number of anilines is 1. The van der Waals surface area contributed by atoms with Crippen LogP contribution in [0.2, 0.25) is 0 Å². The van der Waals surface area contributed by atoms with Crippen LogP contribution in [0.1, 0.15) is 53.3 Å². The third kappa shape index (κ3) is 2.29. The molecule has 27 heavy (non-hydrogen) atoms. The molecule has 1 fully saturated rings. The summed E-state index contributed by atoms with van der Waals surface area (Å²) in [6.07, 6.45) is 6.87. The summed E-state index contributed by atoms with van der Waals surface area (Å²) < 4.78 is 7.94. The molecule has 8 nitrogen and oxygen atoms in total. The van der Waals surface area contributed by atoms with E-state index < -0.39 is 0 Å². The molecular formula is C19H19N7O. The van der Waals surface area contributed by atoms with Gasteiger partial charge in [-0.05, 0) is 37.5 Å². The number of aromatic amines is 1. The van der Waals surface area contributed by atoms with Gasteiger partial charge in [-0.3, -0.25) is 0 Å². The van der Waals surface area contributed by atoms with E-state index in [0.717, 1.165) is 54.3 Å². The molecule has 0 bridgehead atoms. The lowest BCUT2D eigenvalue weighted by molar-refractivity contribution is 0.463. The van der Waals surface area contributed by atoms with Crippen LogP contribution >= 0.6 is 0 Å². The lowest BCUT2D eigenvalue weighted by Gasteiger charge is -2.32. The van der Waals surface area contributed by atoms with Gasteiger partial charge in [-0.1, -0.05) is 11.2 Å². The minimum Gasteiger partial charge on any atom is -0.408 e. The first-order valence-electron chi connectivity index (χ1n) is 9.35. The summed E-state index contributed by atoms with van der Waals surface area (Å²) in [6.45, 7) is 2.87. The van der Waals surface area contributed by atoms with E-state index in [1.807, 2.05) is 16.8 Å². The predicted octanol–water partition coefficient (Wildman–Crippen LogP) is 2.78. The maximum atomic E-state index is 6.02. The molecule has 0 aromatic carbocycles. The molecule has 0 amide bonds. The first kappa shape index (κ1) is 15.0. The third-order valence-corrected chi connectivity index (χ3v) is 5.54. The van der Waals surface area contributed by atoms with Crippen LogP contribution in [0, 0.1) is 6.92 Å². The van der Waals surface area contributed by atoms with Crippen molar-refractivity contribution < 1.29 is 4.42 Å². The molecule has 0 radical (unpaired) electrons. The maximum absolute atomic E-state index is 6.02. The van der Waals surface area contributed by atoms with Crippen LogP contribution in [-0.2, 0) is 6.42 Å². The van der Waals surface area contributed by atoms with Gasteiger partial charge in [-0.15, -0.1) is 5.10 Å². The van der Waals surface area contributed by atoms with Gasteiger partial charge >= 0.3 is 6.01 Å². The summed E-state index contributed by atoms with van der Waals surface area (Å²) in [4.78, 5) is 10.0. The van der Waals surface area contributed by atoms with E-state index in [2.05, 4.69) is 44.1 Å². The minimum atomic E-state index is -0.146. The Morgan fingerprint density at radius 2 is 2.19 bits per heavy atom. The molecule has 0 saturated heterocycles. The number of imidazole rings is 1. The smallest absolute Gasteiger partial charge is 0.319 e. The zero-order valence-electron chi connectivity index (χ0n) is 15.0. The van der Waals surface area contributed by atoms with Gasteiger partial charge in [0.1, 0.15) is 6.04 Å². The van der Waals surface area contributed by atoms with Crippen molar-refractivity contribution in [2.75, 3.05) is 11.4 Å². The van der Waals surface area contributed by atoms with Gasteiger partial charge in [0.25, 0.3) is 0 Å². The van der Waals surface area contributed by atoms with Crippen molar-refractivity contribution in [3.63, 3.8) is 0 Å². The van der Waals surface area contributed by atoms with Crippen molar-refractivity contribution in [3.05, 3.63) is 59.3 Å². The van der Waals surface area contributed by atoms with E-state index in [-0.39, 0.29) is 6.04 Å². The van der Waals surface area contributed by atoms with Crippen LogP contribution in [0.4, 0.5) is 6.01 Å². The zero-order valence-corrected chi connectivity index (χ0v) is 15.0. The Morgan fingerprint density at radius 1 is 1.26 bits per heavy atom. The molecule has 4 aromatic heterocycles. The lowest BCUT2D eigenvalue weighted by atomic mass is 10.00.